The molecule has 0 saturated carbocycles. The van der Waals surface area contributed by atoms with Crippen molar-refractivity contribution in [1.29, 1.82) is 0 Å². The van der Waals surface area contributed by atoms with E-state index in [1.54, 1.807) is 54.5 Å². The highest BCUT2D eigenvalue weighted by atomic mass is 79.9. The Labute approximate surface area is 200 Å². The number of methoxy groups -OCH3 is 1. The zero-order chi connectivity index (χ0) is 22.9. The molecule has 0 aliphatic carbocycles. The Kier molecular flexibility index (Phi) is 8.98. The van der Waals surface area contributed by atoms with Crippen LogP contribution in [0.3, 0.4) is 0 Å². The molecule has 2 N–H and O–H groups in total. The summed E-state index contributed by atoms with van der Waals surface area (Å²) in [4.78, 5) is 27.0. The molecule has 170 valence electrons. The molecule has 1 aliphatic rings. The third-order valence-electron chi connectivity index (χ3n) is 4.65. The van der Waals surface area contributed by atoms with E-state index in [0.29, 0.717) is 62.1 Å². The van der Waals surface area contributed by atoms with E-state index in [1.165, 1.54) is 0 Å². The Morgan fingerprint density at radius 1 is 1.12 bits per heavy atom. The normalized spacial score (nSPS) is 13.4. The van der Waals surface area contributed by atoms with E-state index < -0.39 is 5.91 Å². The van der Waals surface area contributed by atoms with Crippen molar-refractivity contribution >= 4 is 50.8 Å². The van der Waals surface area contributed by atoms with Crippen LogP contribution in [0, 0.1) is 0 Å². The molecule has 3 rings (SSSR count). The van der Waals surface area contributed by atoms with E-state index in [2.05, 4.69) is 26.6 Å². The molecule has 1 aliphatic heterocycles. The molecule has 2 aromatic rings. The van der Waals surface area contributed by atoms with Crippen LogP contribution in [0.4, 0.5) is 5.69 Å². The highest BCUT2D eigenvalue weighted by Gasteiger charge is 2.19. The van der Waals surface area contributed by atoms with Gasteiger partial charge in [-0.05, 0) is 54.7 Å². The number of hydrogen-bond acceptors (Lipinski definition) is 6. The van der Waals surface area contributed by atoms with Crippen LogP contribution in [0.25, 0.3) is 0 Å². The number of carbonyl (C=O) groups is 2. The van der Waals surface area contributed by atoms with E-state index >= 15 is 0 Å². The Balaban J connectivity index is 1.59. The summed E-state index contributed by atoms with van der Waals surface area (Å²) in [6.07, 6.45) is 0. The standard InChI is InChI=1S/C22H24BrN3O5S/c1-29-12-13-31-19-7-4-16(23)14-18(19)20(27)25-22(32)24-17-5-2-15(3-6-17)21(28)26-8-10-30-11-9-26/h2-7,14H,8-13H2,1H3,(H2,24,25,27,32). The zero-order valence-corrected chi connectivity index (χ0v) is 20.0. The summed E-state index contributed by atoms with van der Waals surface area (Å²) in [7, 11) is 1.58. The lowest BCUT2D eigenvalue weighted by atomic mass is 10.1. The summed E-state index contributed by atoms with van der Waals surface area (Å²) in [5.74, 6) is -0.0155. The van der Waals surface area contributed by atoms with Gasteiger partial charge in [0.1, 0.15) is 12.4 Å². The third kappa shape index (κ3) is 6.73. The minimum atomic E-state index is -0.407. The molecule has 0 bridgehead atoms. The Bertz CT molecular complexity index is 965. The quantitative estimate of drug-likeness (QED) is 0.427. The van der Waals surface area contributed by atoms with Crippen molar-refractivity contribution in [3.05, 3.63) is 58.1 Å². The van der Waals surface area contributed by atoms with Gasteiger partial charge in [-0.1, -0.05) is 15.9 Å². The molecule has 2 aromatic carbocycles. The van der Waals surface area contributed by atoms with E-state index in [9.17, 15) is 9.59 Å². The number of nitrogens with zero attached hydrogens (tertiary/aromatic N) is 1. The van der Waals surface area contributed by atoms with Gasteiger partial charge < -0.3 is 24.4 Å². The van der Waals surface area contributed by atoms with Crippen molar-refractivity contribution in [3.8, 4) is 5.75 Å². The number of anilines is 1. The molecule has 0 aromatic heterocycles. The van der Waals surface area contributed by atoms with E-state index in [-0.39, 0.29) is 11.0 Å². The van der Waals surface area contributed by atoms with Crippen molar-refractivity contribution in [2.24, 2.45) is 0 Å². The highest BCUT2D eigenvalue weighted by molar-refractivity contribution is 9.10. The molecule has 1 heterocycles. The Morgan fingerprint density at radius 3 is 2.53 bits per heavy atom. The van der Waals surface area contributed by atoms with Crippen LogP contribution in [-0.4, -0.2) is 68.5 Å². The average molecular weight is 522 g/mol. The lowest BCUT2D eigenvalue weighted by Gasteiger charge is -2.26. The van der Waals surface area contributed by atoms with E-state index in [4.69, 9.17) is 26.4 Å². The first-order valence-electron chi connectivity index (χ1n) is 9.98. The molecule has 8 nitrogen and oxygen atoms in total. The van der Waals surface area contributed by atoms with Gasteiger partial charge in [0.2, 0.25) is 0 Å². The van der Waals surface area contributed by atoms with Crippen molar-refractivity contribution in [1.82, 2.24) is 10.2 Å². The fourth-order valence-electron chi connectivity index (χ4n) is 3.02. The highest BCUT2D eigenvalue weighted by Crippen LogP contribution is 2.23. The number of morpholine rings is 1. The monoisotopic (exact) mass is 521 g/mol. The van der Waals surface area contributed by atoms with Crippen molar-refractivity contribution in [2.75, 3.05) is 51.9 Å². The second-order valence-electron chi connectivity index (χ2n) is 6.87. The fraction of sp³-hybridized carbons (Fsp3) is 0.318. The van der Waals surface area contributed by atoms with Crippen LogP contribution in [0.5, 0.6) is 5.75 Å². The van der Waals surface area contributed by atoms with Crippen LogP contribution in [0.2, 0.25) is 0 Å². The van der Waals surface area contributed by atoms with Crippen LogP contribution in [0.1, 0.15) is 20.7 Å². The molecule has 0 radical (unpaired) electrons. The average Bonchev–Trinajstić information content (AvgIpc) is 2.80. The molecular formula is C22H24BrN3O5S. The summed E-state index contributed by atoms with van der Waals surface area (Å²) in [5.41, 5.74) is 1.57. The number of halogens is 1. The topological polar surface area (TPSA) is 89.1 Å². The molecule has 1 saturated heterocycles. The van der Waals surface area contributed by atoms with Gasteiger partial charge in [0, 0.05) is 35.9 Å². The number of amides is 2. The first-order valence-corrected chi connectivity index (χ1v) is 11.2. The van der Waals surface area contributed by atoms with Gasteiger partial charge in [-0.3, -0.25) is 14.9 Å². The fourth-order valence-corrected chi connectivity index (χ4v) is 3.59. The number of ether oxygens (including phenoxy) is 3. The first kappa shape index (κ1) is 24.1. The molecule has 1 fully saturated rings. The van der Waals surface area contributed by atoms with Gasteiger partial charge in [0.15, 0.2) is 5.11 Å². The number of hydrogen-bond donors (Lipinski definition) is 2. The van der Waals surface area contributed by atoms with Gasteiger partial charge >= 0.3 is 0 Å². The Morgan fingerprint density at radius 2 is 1.84 bits per heavy atom. The third-order valence-corrected chi connectivity index (χ3v) is 5.34. The van der Waals surface area contributed by atoms with Crippen molar-refractivity contribution in [2.45, 2.75) is 0 Å². The molecule has 0 unspecified atom stereocenters. The van der Waals surface area contributed by atoms with Crippen LogP contribution in [0.15, 0.2) is 46.9 Å². The number of nitrogens with one attached hydrogen (secondary N) is 2. The summed E-state index contributed by atoms with van der Waals surface area (Å²) in [6, 6.07) is 12.1. The van der Waals surface area contributed by atoms with E-state index in [0.717, 1.165) is 4.47 Å². The van der Waals surface area contributed by atoms with Gasteiger partial charge in [0.05, 0.1) is 25.4 Å². The summed E-state index contributed by atoms with van der Waals surface area (Å²) in [6.45, 7) is 2.99. The minimum Gasteiger partial charge on any atom is -0.490 e. The molecule has 0 atom stereocenters. The van der Waals surface area contributed by atoms with E-state index in [1.807, 2.05) is 0 Å². The van der Waals surface area contributed by atoms with Crippen LogP contribution >= 0.6 is 28.1 Å². The second-order valence-corrected chi connectivity index (χ2v) is 8.20. The van der Waals surface area contributed by atoms with Crippen molar-refractivity contribution in [3.63, 3.8) is 0 Å². The lowest BCUT2D eigenvalue weighted by molar-refractivity contribution is 0.0303. The summed E-state index contributed by atoms with van der Waals surface area (Å²) < 4.78 is 16.6. The molecule has 2 amide bonds. The molecule has 32 heavy (non-hydrogen) atoms. The lowest BCUT2D eigenvalue weighted by Crippen LogP contribution is -2.40. The number of rotatable bonds is 7. The van der Waals surface area contributed by atoms with Gasteiger partial charge in [0.25, 0.3) is 11.8 Å². The number of carbonyl (C=O) groups excluding carboxylic acids is 2. The maximum Gasteiger partial charge on any atom is 0.261 e. The molecule has 0 spiro atoms. The van der Waals surface area contributed by atoms with Gasteiger partial charge in [-0.25, -0.2) is 0 Å². The molecule has 10 heteroatoms. The number of benzene rings is 2. The maximum absolute atomic E-state index is 12.7. The van der Waals surface area contributed by atoms with Crippen molar-refractivity contribution < 1.29 is 23.8 Å². The SMILES string of the molecule is COCCOc1ccc(Br)cc1C(=O)NC(=S)Nc1ccc(C(=O)N2CCOCC2)cc1. The summed E-state index contributed by atoms with van der Waals surface area (Å²) in [5, 5.41) is 5.74. The maximum atomic E-state index is 12.7. The predicted molar refractivity (Wildman–Crippen MR) is 128 cm³/mol. The zero-order valence-electron chi connectivity index (χ0n) is 17.6. The van der Waals surface area contributed by atoms with Crippen LogP contribution < -0.4 is 15.4 Å². The number of thiocarbonyl (C=S) groups is 1. The predicted octanol–water partition coefficient (Wildman–Crippen LogP) is 3.07. The molecular weight excluding hydrogens is 498 g/mol. The largest absolute Gasteiger partial charge is 0.490 e. The second kappa shape index (κ2) is 11.9. The summed E-state index contributed by atoms with van der Waals surface area (Å²) >= 11 is 8.64. The van der Waals surface area contributed by atoms with Gasteiger partial charge in [-0.2, -0.15) is 0 Å². The first-order chi connectivity index (χ1) is 15.5. The Hall–Kier alpha value is -2.53. The minimum absolute atomic E-state index is 0.0358. The van der Waals surface area contributed by atoms with Crippen LogP contribution in [-0.2, 0) is 9.47 Å². The van der Waals surface area contributed by atoms with Gasteiger partial charge in [-0.15, -0.1) is 0 Å². The smallest absolute Gasteiger partial charge is 0.261 e.